The molecule has 0 fully saturated rings. The van der Waals surface area contributed by atoms with Crippen molar-refractivity contribution in [1.29, 1.82) is 0 Å². The molecule has 128 valence electrons. The molecule has 0 spiro atoms. The minimum Gasteiger partial charge on any atom is -0.427 e. The maximum atomic E-state index is 8.79. The van der Waals surface area contributed by atoms with E-state index in [-0.39, 0.29) is 5.41 Å². The van der Waals surface area contributed by atoms with Gasteiger partial charge in [-0.05, 0) is 17.0 Å². The highest BCUT2D eigenvalue weighted by molar-refractivity contribution is 7.39. The summed E-state index contributed by atoms with van der Waals surface area (Å²) in [6, 6.07) is 7.38. The molecule has 0 radical (unpaired) electrons. The molecule has 0 saturated carbocycles. The molecule has 0 bridgehead atoms. The molecular weight excluding hydrogens is 309 g/mol. The third-order valence-corrected chi connectivity index (χ3v) is 3.18. The lowest BCUT2D eigenvalue weighted by atomic mass is 9.86. The number of para-hydroxylation sites is 1. The summed E-state index contributed by atoms with van der Waals surface area (Å²) < 4.78 is 4.95. The van der Waals surface area contributed by atoms with Crippen LogP contribution in [0.1, 0.15) is 26.3 Å². The van der Waals surface area contributed by atoms with Crippen molar-refractivity contribution in [3.8, 4) is 5.75 Å². The average molecular weight is 335 g/mol. The molecule has 0 amide bonds. The van der Waals surface area contributed by atoms with Crippen LogP contribution in [-0.2, 0) is 5.41 Å². The second-order valence-electron chi connectivity index (χ2n) is 5.93. The van der Waals surface area contributed by atoms with Crippen molar-refractivity contribution >= 4 is 8.60 Å². The van der Waals surface area contributed by atoms with E-state index >= 15 is 0 Å². The summed E-state index contributed by atoms with van der Waals surface area (Å²) in [4.78, 5) is 17.6. The van der Waals surface area contributed by atoms with Crippen LogP contribution < -0.4 is 10.3 Å². The lowest BCUT2D eigenvalue weighted by molar-refractivity contribution is 0.0697. The summed E-state index contributed by atoms with van der Waals surface area (Å²) in [5.74, 6) is 0.538. The molecule has 0 unspecified atom stereocenters. The van der Waals surface area contributed by atoms with Crippen molar-refractivity contribution in [3.63, 3.8) is 0 Å². The van der Waals surface area contributed by atoms with E-state index in [1.54, 1.807) is 6.07 Å². The van der Waals surface area contributed by atoms with Gasteiger partial charge < -0.3 is 35.4 Å². The van der Waals surface area contributed by atoms with Crippen molar-refractivity contribution < 1.29 is 29.6 Å². The van der Waals surface area contributed by atoms with E-state index in [2.05, 4.69) is 0 Å². The number of aliphatic hydroxyl groups is 3. The van der Waals surface area contributed by atoms with E-state index in [1.807, 2.05) is 39.0 Å². The van der Waals surface area contributed by atoms with Gasteiger partial charge in [-0.25, -0.2) is 0 Å². The number of nitrogens with two attached hydrogens (primary N) is 1. The van der Waals surface area contributed by atoms with Gasteiger partial charge >= 0.3 is 8.60 Å². The van der Waals surface area contributed by atoms with Crippen molar-refractivity contribution in [1.82, 2.24) is 0 Å². The van der Waals surface area contributed by atoms with E-state index < -0.39 is 34.0 Å². The van der Waals surface area contributed by atoms with Crippen LogP contribution >= 0.6 is 8.60 Å². The minimum absolute atomic E-state index is 0.0675. The molecule has 1 rings (SSSR count). The molecule has 0 saturated heterocycles. The molecule has 0 aliphatic rings. The van der Waals surface area contributed by atoms with E-state index in [4.69, 9.17) is 35.4 Å². The van der Waals surface area contributed by atoms with Gasteiger partial charge in [-0.2, -0.15) is 0 Å². The molecule has 22 heavy (non-hydrogen) atoms. The summed E-state index contributed by atoms with van der Waals surface area (Å²) in [6.45, 7) is 4.94. The topological polar surface area (TPSA) is 136 Å². The van der Waals surface area contributed by atoms with E-state index in [0.717, 1.165) is 5.56 Å². The van der Waals surface area contributed by atoms with E-state index in [9.17, 15) is 0 Å². The highest BCUT2D eigenvalue weighted by atomic mass is 31.2. The van der Waals surface area contributed by atoms with Crippen LogP contribution in [0, 0.1) is 0 Å². The van der Waals surface area contributed by atoms with Gasteiger partial charge in [-0.3, -0.25) is 0 Å². The third kappa shape index (κ3) is 7.47. The minimum atomic E-state index is -2.34. The second kappa shape index (κ2) is 9.37. The van der Waals surface area contributed by atoms with Gasteiger partial charge in [0.15, 0.2) is 0 Å². The number of hydrogen-bond donors (Lipinski definition) is 6. The maximum Gasteiger partial charge on any atom is 0.391 e. The number of benzene rings is 1. The van der Waals surface area contributed by atoms with E-state index in [1.165, 1.54) is 0 Å². The van der Waals surface area contributed by atoms with Gasteiger partial charge in [0.2, 0.25) is 0 Å². The summed E-state index contributed by atoms with van der Waals surface area (Å²) in [7, 11) is -2.34. The van der Waals surface area contributed by atoms with Crippen molar-refractivity contribution in [2.45, 2.75) is 31.7 Å². The average Bonchev–Trinajstić information content (AvgIpc) is 2.46. The standard InChI is InChI=1S/C10H15O3P.C4H11NO3/c1-10(2,3)8-6-4-5-7-9(8)13-14(11)12;5-4(1-6,2-7)3-8/h4-7,11-12H,1-3H3;6-8H,1-3,5H2. The van der Waals surface area contributed by atoms with Gasteiger partial charge in [0.1, 0.15) is 5.75 Å². The molecule has 8 heteroatoms. The lowest BCUT2D eigenvalue weighted by Gasteiger charge is -2.22. The first-order valence-corrected chi connectivity index (χ1v) is 7.83. The summed E-state index contributed by atoms with van der Waals surface area (Å²) in [5, 5.41) is 25.0. The number of aliphatic hydroxyl groups excluding tert-OH is 3. The summed E-state index contributed by atoms with van der Waals surface area (Å²) in [5.41, 5.74) is 4.84. The Hall–Kier alpha value is -0.790. The van der Waals surface area contributed by atoms with Crippen molar-refractivity contribution in [2.24, 2.45) is 5.73 Å². The molecule has 0 atom stereocenters. The zero-order chi connectivity index (χ0) is 17.4. The van der Waals surface area contributed by atoms with Gasteiger partial charge in [0.25, 0.3) is 0 Å². The van der Waals surface area contributed by atoms with Gasteiger partial charge in [0, 0.05) is 0 Å². The molecule has 0 aromatic heterocycles. The fourth-order valence-corrected chi connectivity index (χ4v) is 1.74. The Morgan fingerprint density at radius 1 is 1.00 bits per heavy atom. The van der Waals surface area contributed by atoms with Crippen molar-refractivity contribution in [3.05, 3.63) is 29.8 Å². The predicted molar refractivity (Wildman–Crippen MR) is 85.3 cm³/mol. The Kier molecular flexibility index (Phi) is 9.04. The Morgan fingerprint density at radius 3 is 1.77 bits per heavy atom. The largest absolute Gasteiger partial charge is 0.427 e. The van der Waals surface area contributed by atoms with Gasteiger partial charge in [-0.15, -0.1) is 0 Å². The van der Waals surface area contributed by atoms with Crippen LogP contribution in [-0.4, -0.2) is 50.5 Å². The van der Waals surface area contributed by atoms with Crippen LogP contribution in [0.2, 0.25) is 0 Å². The molecule has 7 N–H and O–H groups in total. The second-order valence-corrected chi connectivity index (χ2v) is 6.61. The lowest BCUT2D eigenvalue weighted by Crippen LogP contribution is -2.50. The first-order chi connectivity index (χ1) is 10.1. The van der Waals surface area contributed by atoms with Gasteiger partial charge in [-0.1, -0.05) is 39.0 Å². The SMILES string of the molecule is CC(C)(C)c1ccccc1OP(O)O.NC(CO)(CO)CO. The predicted octanol–water partition coefficient (Wildman–Crippen LogP) is 0.235. The Balaban J connectivity index is 0.000000472. The van der Waals surface area contributed by atoms with Crippen LogP contribution in [0.4, 0.5) is 0 Å². The Labute approximate surface area is 132 Å². The number of rotatable bonds is 5. The highest BCUT2D eigenvalue weighted by Crippen LogP contribution is 2.37. The van der Waals surface area contributed by atoms with Crippen LogP contribution in [0.15, 0.2) is 24.3 Å². The molecule has 0 aliphatic carbocycles. The molecule has 0 aliphatic heterocycles. The van der Waals surface area contributed by atoms with Gasteiger partial charge in [0.05, 0.1) is 25.4 Å². The molecule has 7 nitrogen and oxygen atoms in total. The van der Waals surface area contributed by atoms with Crippen LogP contribution in [0.5, 0.6) is 5.75 Å². The first-order valence-electron chi connectivity index (χ1n) is 6.66. The van der Waals surface area contributed by atoms with Crippen LogP contribution in [0.3, 0.4) is 0 Å². The quantitative estimate of drug-likeness (QED) is 0.424. The van der Waals surface area contributed by atoms with Crippen LogP contribution in [0.25, 0.3) is 0 Å². The zero-order valence-corrected chi connectivity index (χ0v) is 14.0. The smallest absolute Gasteiger partial charge is 0.391 e. The monoisotopic (exact) mass is 335 g/mol. The molecule has 1 aromatic rings. The first kappa shape index (κ1) is 21.2. The molecular formula is C14H26NO6P. The number of hydrogen-bond acceptors (Lipinski definition) is 7. The molecule has 1 aromatic carbocycles. The fourth-order valence-electron chi connectivity index (χ4n) is 1.40. The molecule has 0 heterocycles. The summed E-state index contributed by atoms with van der Waals surface area (Å²) in [6.07, 6.45) is 0. The summed E-state index contributed by atoms with van der Waals surface area (Å²) >= 11 is 0. The normalized spacial score (nSPS) is 11.9. The maximum absolute atomic E-state index is 8.79. The zero-order valence-electron chi connectivity index (χ0n) is 13.1. The fraction of sp³-hybridized carbons (Fsp3) is 0.571. The Bertz CT molecular complexity index is 423. The van der Waals surface area contributed by atoms with Crippen molar-refractivity contribution in [2.75, 3.05) is 19.8 Å². The highest BCUT2D eigenvalue weighted by Gasteiger charge is 2.21. The van der Waals surface area contributed by atoms with E-state index in [0.29, 0.717) is 5.75 Å². The third-order valence-electron chi connectivity index (χ3n) is 2.82. The Morgan fingerprint density at radius 2 is 1.45 bits per heavy atom.